The lowest BCUT2D eigenvalue weighted by Crippen LogP contribution is -2.39. The third kappa shape index (κ3) is 7.03. The lowest BCUT2D eigenvalue weighted by molar-refractivity contribution is -0.137. The normalized spacial score (nSPS) is 15.1. The maximum atomic E-state index is 11.8. The average molecular weight is 270 g/mol. The lowest BCUT2D eigenvalue weighted by atomic mass is 9.84. The number of hydrogen-bond donors (Lipinski definition) is 2. The van der Waals surface area contributed by atoms with E-state index in [1.165, 1.54) is 12.8 Å². The number of rotatable bonds is 8. The van der Waals surface area contributed by atoms with Gasteiger partial charge in [0.25, 0.3) is 0 Å². The predicted molar refractivity (Wildman–Crippen MR) is 74.0 cm³/mol. The number of carboxylic acid groups (broad SMARTS) is 1. The van der Waals surface area contributed by atoms with Crippen LogP contribution in [-0.4, -0.2) is 42.1 Å². The van der Waals surface area contributed by atoms with E-state index in [0.29, 0.717) is 18.9 Å². The minimum absolute atomic E-state index is 0.0269. The van der Waals surface area contributed by atoms with Gasteiger partial charge in [-0.15, -0.1) is 0 Å². The molecule has 5 nitrogen and oxygen atoms in total. The van der Waals surface area contributed by atoms with Gasteiger partial charge in [0, 0.05) is 26.6 Å². The Bertz CT molecular complexity index is 325. The molecule has 0 aromatic carbocycles. The lowest BCUT2D eigenvalue weighted by Gasteiger charge is -2.25. The Kier molecular flexibility index (Phi) is 5.63. The Labute approximate surface area is 115 Å². The summed E-state index contributed by atoms with van der Waals surface area (Å²) in [6.07, 6.45) is 4.08. The fourth-order valence-electron chi connectivity index (χ4n) is 1.98. The van der Waals surface area contributed by atoms with Crippen LogP contribution in [0.25, 0.3) is 0 Å². The molecule has 0 saturated heterocycles. The number of hydrogen-bond acceptors (Lipinski definition) is 2. The number of carboxylic acids is 1. The van der Waals surface area contributed by atoms with Crippen LogP contribution in [0.1, 0.15) is 46.0 Å². The van der Waals surface area contributed by atoms with Crippen molar-refractivity contribution in [1.82, 2.24) is 10.2 Å². The topological polar surface area (TPSA) is 69.6 Å². The second-order valence-corrected chi connectivity index (χ2v) is 6.36. The van der Waals surface area contributed by atoms with E-state index in [0.717, 1.165) is 13.0 Å². The smallest absolute Gasteiger partial charge is 0.317 e. The van der Waals surface area contributed by atoms with Crippen LogP contribution in [0.4, 0.5) is 4.79 Å². The first-order valence-corrected chi connectivity index (χ1v) is 7.01. The number of aliphatic carboxylic acids is 1. The third-order valence-electron chi connectivity index (χ3n) is 3.67. The maximum Gasteiger partial charge on any atom is 0.317 e. The highest BCUT2D eigenvalue weighted by Gasteiger charge is 2.25. The number of carbonyl (C=O) groups excluding carboxylic acids is 1. The van der Waals surface area contributed by atoms with Crippen LogP contribution in [0.2, 0.25) is 0 Å². The molecule has 19 heavy (non-hydrogen) atoms. The van der Waals surface area contributed by atoms with E-state index in [4.69, 9.17) is 5.11 Å². The van der Waals surface area contributed by atoms with Crippen LogP contribution in [0, 0.1) is 11.3 Å². The molecule has 0 heterocycles. The second kappa shape index (κ2) is 6.78. The molecule has 2 N–H and O–H groups in total. The Morgan fingerprint density at radius 3 is 2.47 bits per heavy atom. The predicted octanol–water partition coefficient (Wildman–Crippen LogP) is 2.32. The Balaban J connectivity index is 2.16. The summed E-state index contributed by atoms with van der Waals surface area (Å²) in [5.74, 6) is -0.0657. The van der Waals surface area contributed by atoms with E-state index in [1.54, 1.807) is 4.90 Å². The zero-order valence-electron chi connectivity index (χ0n) is 12.2. The highest BCUT2D eigenvalue weighted by molar-refractivity contribution is 5.73. The first-order valence-electron chi connectivity index (χ1n) is 7.01. The van der Waals surface area contributed by atoms with E-state index < -0.39 is 5.97 Å². The minimum Gasteiger partial charge on any atom is -0.481 e. The van der Waals surface area contributed by atoms with Crippen molar-refractivity contribution < 1.29 is 14.7 Å². The molecular formula is C14H26N2O3. The van der Waals surface area contributed by atoms with Crippen LogP contribution < -0.4 is 5.32 Å². The number of nitrogens with zero attached hydrogens (tertiary/aromatic N) is 1. The van der Waals surface area contributed by atoms with Crippen LogP contribution in [0.15, 0.2) is 0 Å². The molecule has 110 valence electrons. The van der Waals surface area contributed by atoms with Gasteiger partial charge in [0.05, 0.1) is 0 Å². The van der Waals surface area contributed by atoms with Crippen LogP contribution in [-0.2, 0) is 4.79 Å². The summed E-state index contributed by atoms with van der Waals surface area (Å²) < 4.78 is 0. The van der Waals surface area contributed by atoms with Crippen molar-refractivity contribution in [2.75, 3.05) is 20.1 Å². The molecule has 0 aromatic heterocycles. The molecule has 0 bridgehead atoms. The SMILES string of the molecule is CN(CC1CC1)C(=O)NCCC(C)(C)CCC(=O)O. The molecule has 1 aliphatic carbocycles. The van der Waals surface area contributed by atoms with Gasteiger partial charge in [0.2, 0.25) is 0 Å². The number of carbonyl (C=O) groups is 2. The van der Waals surface area contributed by atoms with E-state index in [9.17, 15) is 9.59 Å². The quantitative estimate of drug-likeness (QED) is 0.711. The van der Waals surface area contributed by atoms with Gasteiger partial charge in [-0.2, -0.15) is 0 Å². The summed E-state index contributed by atoms with van der Waals surface area (Å²) >= 11 is 0. The average Bonchev–Trinajstić information content (AvgIpc) is 3.10. The minimum atomic E-state index is -0.763. The van der Waals surface area contributed by atoms with Gasteiger partial charge >= 0.3 is 12.0 Å². The third-order valence-corrected chi connectivity index (χ3v) is 3.67. The number of amides is 2. The molecule has 1 fully saturated rings. The van der Waals surface area contributed by atoms with Gasteiger partial charge in [0.15, 0.2) is 0 Å². The van der Waals surface area contributed by atoms with Gasteiger partial charge < -0.3 is 15.3 Å². The molecule has 0 radical (unpaired) electrons. The van der Waals surface area contributed by atoms with E-state index in [2.05, 4.69) is 5.32 Å². The molecular weight excluding hydrogens is 244 g/mol. The van der Waals surface area contributed by atoms with Crippen molar-refractivity contribution >= 4 is 12.0 Å². The van der Waals surface area contributed by atoms with Crippen LogP contribution >= 0.6 is 0 Å². The first kappa shape index (κ1) is 15.8. The van der Waals surface area contributed by atoms with Crippen molar-refractivity contribution in [1.29, 1.82) is 0 Å². The molecule has 1 rings (SSSR count). The monoisotopic (exact) mass is 270 g/mol. The van der Waals surface area contributed by atoms with Gasteiger partial charge in [-0.1, -0.05) is 13.8 Å². The molecule has 0 atom stereocenters. The van der Waals surface area contributed by atoms with Crippen molar-refractivity contribution in [3.05, 3.63) is 0 Å². The standard InChI is InChI=1S/C14H26N2O3/c1-14(2,7-6-12(17)18)8-9-15-13(19)16(3)10-11-4-5-11/h11H,4-10H2,1-3H3,(H,15,19)(H,17,18). The van der Waals surface area contributed by atoms with Gasteiger partial charge in [-0.25, -0.2) is 4.79 Å². The van der Waals surface area contributed by atoms with Crippen molar-refractivity contribution in [3.63, 3.8) is 0 Å². The second-order valence-electron chi connectivity index (χ2n) is 6.36. The van der Waals surface area contributed by atoms with Crippen molar-refractivity contribution in [2.45, 2.75) is 46.0 Å². The van der Waals surface area contributed by atoms with Crippen molar-refractivity contribution in [2.24, 2.45) is 11.3 Å². The van der Waals surface area contributed by atoms with Gasteiger partial charge in [-0.05, 0) is 37.0 Å². The van der Waals surface area contributed by atoms with Crippen LogP contribution in [0.3, 0.4) is 0 Å². The maximum absolute atomic E-state index is 11.8. The number of nitrogens with one attached hydrogen (secondary N) is 1. The van der Waals surface area contributed by atoms with Crippen LogP contribution in [0.5, 0.6) is 0 Å². The summed E-state index contributed by atoms with van der Waals surface area (Å²) in [6, 6.07) is -0.0269. The van der Waals surface area contributed by atoms with E-state index in [1.807, 2.05) is 20.9 Å². The molecule has 1 aliphatic rings. The zero-order chi connectivity index (χ0) is 14.5. The fourth-order valence-corrected chi connectivity index (χ4v) is 1.98. The summed E-state index contributed by atoms with van der Waals surface area (Å²) in [7, 11) is 1.82. The first-order chi connectivity index (χ1) is 8.80. The molecule has 0 aromatic rings. The molecule has 0 aliphatic heterocycles. The largest absolute Gasteiger partial charge is 0.481 e. The molecule has 0 unspecified atom stereocenters. The molecule has 0 spiro atoms. The number of urea groups is 1. The molecule has 5 heteroatoms. The fraction of sp³-hybridized carbons (Fsp3) is 0.857. The highest BCUT2D eigenvalue weighted by Crippen LogP contribution is 2.29. The molecule has 2 amide bonds. The molecule has 1 saturated carbocycles. The van der Waals surface area contributed by atoms with Crippen molar-refractivity contribution in [3.8, 4) is 0 Å². The summed E-state index contributed by atoms with van der Waals surface area (Å²) in [6.45, 7) is 5.51. The van der Waals surface area contributed by atoms with Gasteiger partial charge in [-0.3, -0.25) is 4.79 Å². The Hall–Kier alpha value is -1.26. The summed E-state index contributed by atoms with van der Waals surface area (Å²) in [5, 5.41) is 11.6. The Morgan fingerprint density at radius 2 is 1.95 bits per heavy atom. The Morgan fingerprint density at radius 1 is 1.32 bits per heavy atom. The van der Waals surface area contributed by atoms with Gasteiger partial charge in [0.1, 0.15) is 0 Å². The summed E-state index contributed by atoms with van der Waals surface area (Å²) in [5.41, 5.74) is -0.0548. The zero-order valence-corrected chi connectivity index (χ0v) is 12.2. The van der Waals surface area contributed by atoms with E-state index >= 15 is 0 Å². The highest BCUT2D eigenvalue weighted by atomic mass is 16.4. The summed E-state index contributed by atoms with van der Waals surface area (Å²) in [4.78, 5) is 24.1. The van der Waals surface area contributed by atoms with E-state index in [-0.39, 0.29) is 17.9 Å².